The normalized spacial score (nSPS) is 10.9. The Kier molecular flexibility index (Phi) is 2.57. The zero-order valence-corrected chi connectivity index (χ0v) is 11.1. The van der Waals surface area contributed by atoms with Gasteiger partial charge in [-0.05, 0) is 19.1 Å². The van der Waals surface area contributed by atoms with Crippen molar-refractivity contribution in [3.8, 4) is 16.3 Å². The van der Waals surface area contributed by atoms with E-state index >= 15 is 0 Å². The van der Waals surface area contributed by atoms with E-state index < -0.39 is 0 Å². The first-order chi connectivity index (χ1) is 8.29. The molecule has 0 atom stereocenters. The van der Waals surface area contributed by atoms with Crippen LogP contribution >= 0.6 is 22.7 Å². The van der Waals surface area contributed by atoms with Gasteiger partial charge >= 0.3 is 0 Å². The molecule has 0 aromatic carbocycles. The average Bonchev–Trinajstić information content (AvgIpc) is 2.96. The van der Waals surface area contributed by atoms with E-state index in [2.05, 4.69) is 29.0 Å². The fraction of sp³-hybridized carbons (Fsp3) is 0.167. The Labute approximate surface area is 107 Å². The van der Waals surface area contributed by atoms with Crippen LogP contribution < -0.4 is 4.74 Å². The molecule has 3 nitrogen and oxygen atoms in total. The summed E-state index contributed by atoms with van der Waals surface area (Å²) >= 11 is 3.39. The van der Waals surface area contributed by atoms with Crippen molar-refractivity contribution in [2.45, 2.75) is 6.92 Å². The van der Waals surface area contributed by atoms with Gasteiger partial charge in [0.15, 0.2) is 0 Å². The molecule has 0 aliphatic rings. The number of fused-ring (bicyclic) bond motifs is 1. The number of hydrogen-bond donors (Lipinski definition) is 0. The Morgan fingerprint density at radius 2 is 2.12 bits per heavy atom. The van der Waals surface area contributed by atoms with E-state index in [1.165, 1.54) is 9.75 Å². The molecule has 17 heavy (non-hydrogen) atoms. The molecule has 0 amide bonds. The van der Waals surface area contributed by atoms with Gasteiger partial charge in [0.1, 0.15) is 5.52 Å². The van der Waals surface area contributed by atoms with Crippen molar-refractivity contribution in [1.82, 2.24) is 9.97 Å². The zero-order valence-electron chi connectivity index (χ0n) is 9.43. The minimum Gasteiger partial charge on any atom is -0.479 e. The van der Waals surface area contributed by atoms with Crippen molar-refractivity contribution >= 4 is 32.9 Å². The maximum atomic E-state index is 5.22. The molecule has 3 heterocycles. The first kappa shape index (κ1) is 10.7. The lowest BCUT2D eigenvalue weighted by atomic mass is 10.2. The Morgan fingerprint density at radius 3 is 2.82 bits per heavy atom. The standard InChI is InChI=1S/C12H10N2OS2/c1-7-3-4-9(17-7)8-5-13-12(15-2)10-11(8)16-6-14-10/h3-6H,1-2H3. The fourth-order valence-corrected chi connectivity index (χ4v) is 3.49. The van der Waals surface area contributed by atoms with Gasteiger partial charge in [-0.15, -0.1) is 22.7 Å². The second-order valence-corrected chi connectivity index (χ2v) is 5.76. The number of pyridine rings is 1. The van der Waals surface area contributed by atoms with Crippen LogP contribution in [0.1, 0.15) is 4.88 Å². The third-order valence-corrected chi connectivity index (χ3v) is 4.42. The summed E-state index contributed by atoms with van der Waals surface area (Å²) in [4.78, 5) is 11.2. The molecule has 0 bridgehead atoms. The van der Waals surface area contributed by atoms with Crippen LogP contribution in [-0.2, 0) is 0 Å². The van der Waals surface area contributed by atoms with Crippen LogP contribution in [-0.4, -0.2) is 17.1 Å². The summed E-state index contributed by atoms with van der Waals surface area (Å²) in [6, 6.07) is 4.25. The van der Waals surface area contributed by atoms with Gasteiger partial charge in [0.05, 0.1) is 17.3 Å². The second kappa shape index (κ2) is 4.09. The smallest absolute Gasteiger partial charge is 0.241 e. The lowest BCUT2D eigenvalue weighted by Gasteiger charge is -2.02. The Bertz CT molecular complexity index is 672. The van der Waals surface area contributed by atoms with Crippen LogP contribution in [0.3, 0.4) is 0 Å². The van der Waals surface area contributed by atoms with Crippen LogP contribution in [0.4, 0.5) is 0 Å². The molecular formula is C12H10N2OS2. The highest BCUT2D eigenvalue weighted by Gasteiger charge is 2.13. The Hall–Kier alpha value is -1.46. The number of hydrogen-bond acceptors (Lipinski definition) is 5. The van der Waals surface area contributed by atoms with E-state index in [0.29, 0.717) is 5.88 Å². The summed E-state index contributed by atoms with van der Waals surface area (Å²) in [5.74, 6) is 0.596. The fourth-order valence-electron chi connectivity index (χ4n) is 1.74. The number of methoxy groups -OCH3 is 1. The van der Waals surface area contributed by atoms with Crippen LogP contribution in [0.25, 0.3) is 20.7 Å². The number of ether oxygens (including phenoxy) is 1. The van der Waals surface area contributed by atoms with Gasteiger partial charge in [0.25, 0.3) is 0 Å². The van der Waals surface area contributed by atoms with Gasteiger partial charge in [-0.2, -0.15) is 0 Å². The molecule has 0 unspecified atom stereocenters. The molecule has 0 aliphatic carbocycles. The first-order valence-corrected chi connectivity index (χ1v) is 6.82. The third-order valence-electron chi connectivity index (χ3n) is 2.52. The van der Waals surface area contributed by atoms with Crippen molar-refractivity contribution in [2.24, 2.45) is 0 Å². The van der Waals surface area contributed by atoms with Gasteiger partial charge in [0, 0.05) is 21.5 Å². The summed E-state index contributed by atoms with van der Waals surface area (Å²) in [5.41, 5.74) is 3.82. The molecule has 0 radical (unpaired) electrons. The van der Waals surface area contributed by atoms with E-state index in [0.717, 1.165) is 15.8 Å². The van der Waals surface area contributed by atoms with E-state index in [1.807, 2.05) is 11.7 Å². The summed E-state index contributed by atoms with van der Waals surface area (Å²) in [5, 5.41) is 0. The molecule has 0 aliphatic heterocycles. The summed E-state index contributed by atoms with van der Waals surface area (Å²) in [6.45, 7) is 2.11. The molecule has 0 saturated heterocycles. The number of thiazole rings is 1. The Morgan fingerprint density at radius 1 is 1.24 bits per heavy atom. The van der Waals surface area contributed by atoms with Gasteiger partial charge in [-0.25, -0.2) is 9.97 Å². The number of thiophene rings is 1. The lowest BCUT2D eigenvalue weighted by Crippen LogP contribution is -1.89. The van der Waals surface area contributed by atoms with Crippen molar-refractivity contribution in [2.75, 3.05) is 7.11 Å². The second-order valence-electron chi connectivity index (χ2n) is 3.62. The van der Waals surface area contributed by atoms with E-state index in [-0.39, 0.29) is 0 Å². The lowest BCUT2D eigenvalue weighted by molar-refractivity contribution is 0.402. The van der Waals surface area contributed by atoms with Crippen molar-refractivity contribution in [3.05, 3.63) is 28.7 Å². The minimum atomic E-state index is 0.596. The predicted molar refractivity (Wildman–Crippen MR) is 72.0 cm³/mol. The summed E-state index contributed by atoms with van der Waals surface area (Å²) < 4.78 is 6.36. The molecule has 0 spiro atoms. The van der Waals surface area contributed by atoms with Crippen LogP contribution in [0.5, 0.6) is 5.88 Å². The number of rotatable bonds is 2. The molecule has 0 N–H and O–H groups in total. The number of aromatic nitrogens is 2. The minimum absolute atomic E-state index is 0.596. The SMILES string of the molecule is COc1ncc(-c2ccc(C)s2)c2scnc12. The third kappa shape index (κ3) is 1.71. The molecule has 0 saturated carbocycles. The van der Waals surface area contributed by atoms with E-state index in [4.69, 9.17) is 4.74 Å². The van der Waals surface area contributed by atoms with Gasteiger partial charge < -0.3 is 4.74 Å². The van der Waals surface area contributed by atoms with Gasteiger partial charge in [-0.3, -0.25) is 0 Å². The van der Waals surface area contributed by atoms with Crippen LogP contribution in [0.2, 0.25) is 0 Å². The molecule has 3 rings (SSSR count). The van der Waals surface area contributed by atoms with Crippen molar-refractivity contribution in [3.63, 3.8) is 0 Å². The number of aryl methyl sites for hydroxylation is 1. The quantitative estimate of drug-likeness (QED) is 0.705. The maximum absolute atomic E-state index is 5.22. The van der Waals surface area contributed by atoms with Crippen molar-refractivity contribution < 1.29 is 4.74 Å². The molecule has 3 aromatic heterocycles. The highest BCUT2D eigenvalue weighted by molar-refractivity contribution is 7.19. The van der Waals surface area contributed by atoms with Crippen LogP contribution in [0, 0.1) is 6.92 Å². The molecule has 0 fully saturated rings. The highest BCUT2D eigenvalue weighted by atomic mass is 32.1. The largest absolute Gasteiger partial charge is 0.479 e. The first-order valence-electron chi connectivity index (χ1n) is 5.12. The maximum Gasteiger partial charge on any atom is 0.241 e. The zero-order chi connectivity index (χ0) is 11.8. The number of nitrogens with zero attached hydrogens (tertiary/aromatic N) is 2. The van der Waals surface area contributed by atoms with E-state index in [1.54, 1.807) is 29.8 Å². The Balaban J connectivity index is 2.27. The molecule has 5 heteroatoms. The highest BCUT2D eigenvalue weighted by Crippen LogP contribution is 2.37. The molecule has 86 valence electrons. The monoisotopic (exact) mass is 262 g/mol. The topological polar surface area (TPSA) is 35.0 Å². The van der Waals surface area contributed by atoms with Crippen LogP contribution in [0.15, 0.2) is 23.8 Å². The average molecular weight is 262 g/mol. The van der Waals surface area contributed by atoms with E-state index in [9.17, 15) is 0 Å². The molecule has 3 aromatic rings. The summed E-state index contributed by atoms with van der Waals surface area (Å²) in [7, 11) is 1.62. The van der Waals surface area contributed by atoms with Crippen molar-refractivity contribution in [1.29, 1.82) is 0 Å². The van der Waals surface area contributed by atoms with Gasteiger partial charge in [-0.1, -0.05) is 0 Å². The molecular weight excluding hydrogens is 252 g/mol. The van der Waals surface area contributed by atoms with Gasteiger partial charge in [0.2, 0.25) is 5.88 Å². The predicted octanol–water partition coefficient (Wildman–Crippen LogP) is 3.74. The summed E-state index contributed by atoms with van der Waals surface area (Å²) in [6.07, 6.45) is 1.87.